The standard InChI is InChI=1S/C22H28BrN5/c1-15-12-26(22(3,4)5)13-16(2)28(15)19-8-6-17(7-9-19)18-10-24-21-20(23)11-25-27(21)14-18/h6-11,14-16H,12-13H2,1-5H3. The molecule has 1 aromatic carbocycles. The Labute approximate surface area is 175 Å². The molecular weight excluding hydrogens is 414 g/mol. The van der Waals surface area contributed by atoms with E-state index in [9.17, 15) is 0 Å². The van der Waals surface area contributed by atoms with Crippen molar-refractivity contribution in [2.75, 3.05) is 18.0 Å². The fourth-order valence-electron chi connectivity index (χ4n) is 4.20. The van der Waals surface area contributed by atoms with E-state index < -0.39 is 0 Å². The quantitative estimate of drug-likeness (QED) is 0.568. The van der Waals surface area contributed by atoms with Crippen LogP contribution in [0.25, 0.3) is 16.8 Å². The first-order chi connectivity index (χ1) is 13.2. The predicted molar refractivity (Wildman–Crippen MR) is 119 cm³/mol. The highest BCUT2D eigenvalue weighted by Gasteiger charge is 2.34. The minimum atomic E-state index is 0.214. The van der Waals surface area contributed by atoms with E-state index in [1.165, 1.54) is 5.69 Å². The predicted octanol–water partition coefficient (Wildman–Crippen LogP) is 4.86. The molecule has 3 heterocycles. The number of piperazine rings is 1. The zero-order chi connectivity index (χ0) is 20.1. The Kier molecular flexibility index (Phi) is 4.96. The highest BCUT2D eigenvalue weighted by molar-refractivity contribution is 9.10. The maximum atomic E-state index is 4.52. The van der Waals surface area contributed by atoms with Crippen LogP contribution in [0.4, 0.5) is 5.69 Å². The molecule has 28 heavy (non-hydrogen) atoms. The lowest BCUT2D eigenvalue weighted by Crippen LogP contribution is -2.61. The first-order valence-corrected chi connectivity index (χ1v) is 10.7. The van der Waals surface area contributed by atoms with E-state index in [1.807, 2.05) is 16.9 Å². The van der Waals surface area contributed by atoms with Crippen molar-refractivity contribution < 1.29 is 0 Å². The van der Waals surface area contributed by atoms with Gasteiger partial charge in [0, 0.05) is 54.4 Å². The Morgan fingerprint density at radius 1 is 0.964 bits per heavy atom. The molecule has 3 aromatic rings. The smallest absolute Gasteiger partial charge is 0.169 e. The van der Waals surface area contributed by atoms with Crippen LogP contribution in [0.3, 0.4) is 0 Å². The molecule has 2 atom stereocenters. The number of halogens is 1. The highest BCUT2D eigenvalue weighted by Crippen LogP contribution is 2.30. The molecule has 0 saturated carbocycles. The molecule has 0 spiro atoms. The molecular formula is C22H28BrN5. The number of aromatic nitrogens is 3. The van der Waals surface area contributed by atoms with Crippen LogP contribution in [0.2, 0.25) is 0 Å². The normalized spacial score (nSPS) is 21.4. The zero-order valence-corrected chi connectivity index (χ0v) is 18.8. The largest absolute Gasteiger partial charge is 0.364 e. The summed E-state index contributed by atoms with van der Waals surface area (Å²) in [6.07, 6.45) is 5.70. The zero-order valence-electron chi connectivity index (χ0n) is 17.2. The number of nitrogens with zero attached hydrogens (tertiary/aromatic N) is 5. The Morgan fingerprint density at radius 3 is 2.21 bits per heavy atom. The molecule has 4 rings (SSSR count). The molecule has 0 bridgehead atoms. The van der Waals surface area contributed by atoms with Gasteiger partial charge < -0.3 is 4.90 Å². The summed E-state index contributed by atoms with van der Waals surface area (Å²) >= 11 is 3.47. The number of benzene rings is 1. The Bertz CT molecular complexity index is 961. The summed E-state index contributed by atoms with van der Waals surface area (Å²) in [5.74, 6) is 0. The van der Waals surface area contributed by atoms with Crippen LogP contribution in [0, 0.1) is 0 Å². The number of rotatable bonds is 2. The fraction of sp³-hybridized carbons (Fsp3) is 0.455. The second-order valence-electron chi connectivity index (χ2n) is 8.83. The summed E-state index contributed by atoms with van der Waals surface area (Å²) in [5, 5.41) is 4.34. The summed E-state index contributed by atoms with van der Waals surface area (Å²) in [6.45, 7) is 13.7. The molecule has 0 N–H and O–H groups in total. The van der Waals surface area contributed by atoms with Crippen molar-refractivity contribution in [2.24, 2.45) is 0 Å². The minimum Gasteiger partial charge on any atom is -0.364 e. The first kappa shape index (κ1) is 19.4. The summed E-state index contributed by atoms with van der Waals surface area (Å²) in [7, 11) is 0. The van der Waals surface area contributed by atoms with E-state index in [4.69, 9.17) is 0 Å². The van der Waals surface area contributed by atoms with E-state index in [1.54, 1.807) is 6.20 Å². The summed E-state index contributed by atoms with van der Waals surface area (Å²) in [6, 6.07) is 9.80. The van der Waals surface area contributed by atoms with Crippen molar-refractivity contribution in [1.82, 2.24) is 19.5 Å². The van der Waals surface area contributed by atoms with E-state index in [-0.39, 0.29) is 5.54 Å². The number of fused-ring (bicyclic) bond motifs is 1. The third kappa shape index (κ3) is 3.55. The molecule has 0 amide bonds. The van der Waals surface area contributed by atoms with Crippen LogP contribution in [-0.2, 0) is 0 Å². The fourth-order valence-corrected chi connectivity index (χ4v) is 4.58. The van der Waals surface area contributed by atoms with Crippen LogP contribution in [0.1, 0.15) is 34.6 Å². The lowest BCUT2D eigenvalue weighted by molar-refractivity contribution is 0.0949. The maximum Gasteiger partial charge on any atom is 0.169 e. The van der Waals surface area contributed by atoms with Crippen molar-refractivity contribution in [3.05, 3.63) is 47.3 Å². The third-order valence-electron chi connectivity index (χ3n) is 5.68. The van der Waals surface area contributed by atoms with Crippen LogP contribution >= 0.6 is 15.9 Å². The summed E-state index contributed by atoms with van der Waals surface area (Å²) < 4.78 is 2.72. The molecule has 1 fully saturated rings. The highest BCUT2D eigenvalue weighted by atomic mass is 79.9. The lowest BCUT2D eigenvalue weighted by atomic mass is 9.98. The van der Waals surface area contributed by atoms with Gasteiger partial charge >= 0.3 is 0 Å². The average Bonchev–Trinajstić information content (AvgIpc) is 3.01. The van der Waals surface area contributed by atoms with Crippen molar-refractivity contribution in [3.8, 4) is 11.1 Å². The van der Waals surface area contributed by atoms with Crippen molar-refractivity contribution in [2.45, 2.75) is 52.2 Å². The van der Waals surface area contributed by atoms with E-state index >= 15 is 0 Å². The van der Waals surface area contributed by atoms with E-state index in [0.717, 1.165) is 34.3 Å². The molecule has 6 heteroatoms. The van der Waals surface area contributed by atoms with Crippen molar-refractivity contribution in [1.29, 1.82) is 0 Å². The van der Waals surface area contributed by atoms with Gasteiger partial charge in [0.15, 0.2) is 5.65 Å². The molecule has 2 unspecified atom stereocenters. The summed E-state index contributed by atoms with van der Waals surface area (Å²) in [4.78, 5) is 9.67. The van der Waals surface area contributed by atoms with Crippen molar-refractivity contribution >= 4 is 27.3 Å². The van der Waals surface area contributed by atoms with Gasteiger partial charge in [-0.1, -0.05) is 12.1 Å². The lowest BCUT2D eigenvalue weighted by Gasteiger charge is -2.50. The van der Waals surface area contributed by atoms with Crippen LogP contribution < -0.4 is 4.90 Å². The SMILES string of the molecule is CC1CN(C(C)(C)C)CC(C)N1c1ccc(-c2cnc3c(Br)cnn3c2)cc1. The maximum absolute atomic E-state index is 4.52. The second kappa shape index (κ2) is 7.16. The number of anilines is 1. The van der Waals surface area contributed by atoms with E-state index in [2.05, 4.69) is 94.7 Å². The third-order valence-corrected chi connectivity index (χ3v) is 6.24. The monoisotopic (exact) mass is 441 g/mol. The van der Waals surface area contributed by atoms with Gasteiger partial charge in [-0.25, -0.2) is 9.50 Å². The number of hydrogen-bond acceptors (Lipinski definition) is 4. The Morgan fingerprint density at radius 2 is 1.61 bits per heavy atom. The second-order valence-corrected chi connectivity index (χ2v) is 9.69. The molecule has 1 aliphatic heterocycles. The van der Waals surface area contributed by atoms with Crippen LogP contribution in [-0.4, -0.2) is 50.2 Å². The molecule has 1 saturated heterocycles. The van der Waals surface area contributed by atoms with E-state index in [0.29, 0.717) is 12.1 Å². The van der Waals surface area contributed by atoms with Gasteiger partial charge in [0.2, 0.25) is 0 Å². The Hall–Kier alpha value is -1.92. The van der Waals surface area contributed by atoms with Gasteiger partial charge in [-0.05, 0) is 68.2 Å². The minimum absolute atomic E-state index is 0.214. The first-order valence-electron chi connectivity index (χ1n) is 9.87. The topological polar surface area (TPSA) is 36.7 Å². The van der Waals surface area contributed by atoms with Gasteiger partial charge in [0.1, 0.15) is 0 Å². The molecule has 2 aromatic heterocycles. The van der Waals surface area contributed by atoms with Crippen molar-refractivity contribution in [3.63, 3.8) is 0 Å². The Balaban J connectivity index is 1.57. The van der Waals surface area contributed by atoms with Crippen LogP contribution in [0.5, 0.6) is 0 Å². The average molecular weight is 442 g/mol. The summed E-state index contributed by atoms with van der Waals surface area (Å²) in [5.41, 5.74) is 4.55. The van der Waals surface area contributed by atoms with Crippen LogP contribution in [0.15, 0.2) is 47.3 Å². The van der Waals surface area contributed by atoms with Gasteiger partial charge in [0.25, 0.3) is 0 Å². The molecule has 1 aliphatic rings. The molecule has 5 nitrogen and oxygen atoms in total. The molecule has 0 radical (unpaired) electrons. The molecule has 0 aliphatic carbocycles. The molecule has 148 valence electrons. The number of hydrogen-bond donors (Lipinski definition) is 0. The van der Waals surface area contributed by atoms with Gasteiger partial charge in [-0.2, -0.15) is 5.10 Å². The van der Waals surface area contributed by atoms with Gasteiger partial charge in [-0.15, -0.1) is 0 Å². The van der Waals surface area contributed by atoms with Gasteiger partial charge in [-0.3, -0.25) is 4.90 Å². The van der Waals surface area contributed by atoms with Gasteiger partial charge in [0.05, 0.1) is 10.7 Å².